The molecular formula is C17H19F4NO3. The Morgan fingerprint density at radius 1 is 1.28 bits per heavy atom. The highest BCUT2D eigenvalue weighted by molar-refractivity contribution is 5.69. The first-order valence-corrected chi connectivity index (χ1v) is 8.02. The van der Waals surface area contributed by atoms with Gasteiger partial charge in [0, 0.05) is 19.4 Å². The lowest BCUT2D eigenvalue weighted by molar-refractivity contribution is -0.138. The quantitative estimate of drug-likeness (QED) is 0.630. The number of amides is 1. The van der Waals surface area contributed by atoms with E-state index in [9.17, 15) is 22.4 Å². The topological polar surface area (TPSA) is 38.8 Å². The molecule has 2 atom stereocenters. The first kappa shape index (κ1) is 17.8. The molecule has 0 aliphatic carbocycles. The second-order valence-corrected chi connectivity index (χ2v) is 7.32. The number of ether oxygens (including phenoxy) is 2. The van der Waals surface area contributed by atoms with Crippen molar-refractivity contribution < 1.29 is 31.8 Å². The van der Waals surface area contributed by atoms with E-state index in [-0.39, 0.29) is 17.4 Å². The van der Waals surface area contributed by atoms with Crippen LogP contribution in [0.2, 0.25) is 0 Å². The van der Waals surface area contributed by atoms with Gasteiger partial charge in [-0.2, -0.15) is 13.2 Å². The van der Waals surface area contributed by atoms with Crippen LogP contribution in [0.1, 0.15) is 50.8 Å². The molecule has 1 amide bonds. The molecule has 138 valence electrons. The smallest absolute Gasteiger partial charge is 0.416 e. The van der Waals surface area contributed by atoms with Gasteiger partial charge in [0.25, 0.3) is 0 Å². The summed E-state index contributed by atoms with van der Waals surface area (Å²) in [6.45, 7) is 5.44. The largest absolute Gasteiger partial charge is 0.490 e. The fourth-order valence-electron chi connectivity index (χ4n) is 3.21. The van der Waals surface area contributed by atoms with E-state index < -0.39 is 35.3 Å². The van der Waals surface area contributed by atoms with Crippen LogP contribution in [-0.4, -0.2) is 29.2 Å². The van der Waals surface area contributed by atoms with Crippen LogP contribution in [-0.2, 0) is 10.9 Å². The highest BCUT2D eigenvalue weighted by atomic mass is 19.4. The van der Waals surface area contributed by atoms with Crippen molar-refractivity contribution in [2.24, 2.45) is 0 Å². The van der Waals surface area contributed by atoms with E-state index in [4.69, 9.17) is 9.47 Å². The lowest BCUT2D eigenvalue weighted by Gasteiger charge is -2.44. The second kappa shape index (κ2) is 5.78. The molecule has 3 rings (SSSR count). The van der Waals surface area contributed by atoms with Gasteiger partial charge < -0.3 is 14.4 Å². The maximum atomic E-state index is 14.5. The van der Waals surface area contributed by atoms with Gasteiger partial charge in [-0.05, 0) is 32.9 Å². The molecule has 0 aromatic heterocycles. The molecule has 0 spiro atoms. The maximum absolute atomic E-state index is 14.5. The Bertz CT molecular complexity index is 696. The predicted octanol–water partition coefficient (Wildman–Crippen LogP) is 4.68. The van der Waals surface area contributed by atoms with Gasteiger partial charge in [-0.3, -0.25) is 0 Å². The third-order valence-corrected chi connectivity index (χ3v) is 4.23. The van der Waals surface area contributed by atoms with Gasteiger partial charge in [0.2, 0.25) is 0 Å². The fourth-order valence-corrected chi connectivity index (χ4v) is 3.21. The van der Waals surface area contributed by atoms with Gasteiger partial charge in [-0.15, -0.1) is 0 Å². The fraction of sp³-hybridized carbons (Fsp3) is 0.588. The Morgan fingerprint density at radius 2 is 1.96 bits per heavy atom. The second-order valence-electron chi connectivity index (χ2n) is 7.32. The number of halogens is 4. The van der Waals surface area contributed by atoms with Crippen molar-refractivity contribution in [3.05, 3.63) is 29.1 Å². The van der Waals surface area contributed by atoms with Gasteiger partial charge in [-0.25, -0.2) is 9.18 Å². The van der Waals surface area contributed by atoms with Crippen LogP contribution < -0.4 is 4.74 Å². The van der Waals surface area contributed by atoms with Gasteiger partial charge >= 0.3 is 12.3 Å². The highest BCUT2D eigenvalue weighted by Crippen LogP contribution is 2.46. The number of carbonyl (C=O) groups excluding carboxylic acids is 1. The van der Waals surface area contributed by atoms with E-state index >= 15 is 0 Å². The molecule has 1 aromatic carbocycles. The molecule has 4 nitrogen and oxygen atoms in total. The number of fused-ring (bicyclic) bond motifs is 4. The lowest BCUT2D eigenvalue weighted by Crippen LogP contribution is -2.48. The van der Waals surface area contributed by atoms with Gasteiger partial charge in [0.05, 0.1) is 17.2 Å². The van der Waals surface area contributed by atoms with Crippen LogP contribution in [0.5, 0.6) is 5.75 Å². The predicted molar refractivity (Wildman–Crippen MR) is 80.7 cm³/mol. The number of nitrogens with zero attached hydrogens (tertiary/aromatic N) is 1. The third kappa shape index (κ3) is 3.52. The van der Waals surface area contributed by atoms with Crippen LogP contribution in [0.3, 0.4) is 0 Å². The summed E-state index contributed by atoms with van der Waals surface area (Å²) in [6.07, 6.45) is -4.85. The Hall–Kier alpha value is -1.99. The molecule has 25 heavy (non-hydrogen) atoms. The van der Waals surface area contributed by atoms with Crippen LogP contribution in [0.4, 0.5) is 22.4 Å². The number of piperidine rings is 1. The van der Waals surface area contributed by atoms with Crippen LogP contribution in [0, 0.1) is 5.82 Å². The van der Waals surface area contributed by atoms with Gasteiger partial charge in [0.15, 0.2) is 0 Å². The molecule has 0 radical (unpaired) electrons. The first-order chi connectivity index (χ1) is 11.5. The van der Waals surface area contributed by atoms with Gasteiger partial charge in [0.1, 0.15) is 23.3 Å². The molecule has 2 bridgehead atoms. The Balaban J connectivity index is 1.98. The molecule has 0 N–H and O–H groups in total. The minimum atomic E-state index is -4.67. The SMILES string of the molecule is CC(C)(C)OC(=O)N1CC[C@H]2C[C@@H]1c1c(F)cc(C(F)(F)F)cc1O2. The van der Waals surface area contributed by atoms with Crippen molar-refractivity contribution in [3.8, 4) is 5.75 Å². The number of rotatable bonds is 0. The van der Waals surface area contributed by atoms with E-state index in [0.29, 0.717) is 25.5 Å². The number of carbonyl (C=O) groups is 1. The zero-order valence-electron chi connectivity index (χ0n) is 14.1. The van der Waals surface area contributed by atoms with Crippen molar-refractivity contribution in [2.45, 2.75) is 57.5 Å². The number of hydrogen-bond donors (Lipinski definition) is 0. The van der Waals surface area contributed by atoms with E-state index in [1.807, 2.05) is 0 Å². The molecular weight excluding hydrogens is 342 g/mol. The van der Waals surface area contributed by atoms with Crippen LogP contribution in [0.25, 0.3) is 0 Å². The minimum Gasteiger partial charge on any atom is -0.490 e. The van der Waals surface area contributed by atoms with Crippen LogP contribution in [0.15, 0.2) is 12.1 Å². The normalized spacial score (nSPS) is 22.9. The summed E-state index contributed by atoms with van der Waals surface area (Å²) in [7, 11) is 0. The van der Waals surface area contributed by atoms with Crippen molar-refractivity contribution in [2.75, 3.05) is 6.54 Å². The van der Waals surface area contributed by atoms with Crippen LogP contribution >= 0.6 is 0 Å². The maximum Gasteiger partial charge on any atom is 0.416 e. The molecule has 8 heteroatoms. The zero-order valence-corrected chi connectivity index (χ0v) is 14.1. The summed E-state index contributed by atoms with van der Waals surface area (Å²) in [4.78, 5) is 13.8. The standard InChI is InChI=1S/C17H19F4NO3/c1-16(2,3)25-15(23)22-5-4-10-8-12(22)14-11(18)6-9(17(19,20)21)7-13(14)24-10/h6-7,10,12H,4-5,8H2,1-3H3/t10-,12+/m0/s1. The summed E-state index contributed by atoms with van der Waals surface area (Å²) < 4.78 is 64.1. The molecule has 2 aliphatic heterocycles. The summed E-state index contributed by atoms with van der Waals surface area (Å²) in [5.41, 5.74) is -1.84. The zero-order chi connectivity index (χ0) is 18.6. The molecule has 1 fully saturated rings. The number of benzene rings is 1. The molecule has 1 aromatic rings. The molecule has 1 saturated heterocycles. The average molecular weight is 361 g/mol. The minimum absolute atomic E-state index is 0.0187. The Morgan fingerprint density at radius 3 is 2.56 bits per heavy atom. The summed E-state index contributed by atoms with van der Waals surface area (Å²) in [5.74, 6) is -1.18. The Labute approximate surface area is 142 Å². The van der Waals surface area contributed by atoms with Crippen molar-refractivity contribution in [3.63, 3.8) is 0 Å². The van der Waals surface area contributed by atoms with E-state index in [0.717, 1.165) is 6.07 Å². The van der Waals surface area contributed by atoms with Gasteiger partial charge in [-0.1, -0.05) is 0 Å². The number of likely N-dealkylation sites (tertiary alicyclic amines) is 1. The summed E-state index contributed by atoms with van der Waals surface area (Å²) in [5, 5.41) is 0. The number of hydrogen-bond acceptors (Lipinski definition) is 3. The average Bonchev–Trinajstić information content (AvgIpc) is 2.43. The number of alkyl halides is 3. The molecule has 0 unspecified atom stereocenters. The molecule has 2 aliphatic rings. The van der Waals surface area contributed by atoms with Crippen molar-refractivity contribution in [1.29, 1.82) is 0 Å². The molecule has 0 saturated carbocycles. The monoisotopic (exact) mass is 361 g/mol. The summed E-state index contributed by atoms with van der Waals surface area (Å²) in [6, 6.07) is 0.556. The molecule has 2 heterocycles. The van der Waals surface area contributed by atoms with Crippen molar-refractivity contribution in [1.82, 2.24) is 4.90 Å². The highest BCUT2D eigenvalue weighted by Gasteiger charge is 2.43. The third-order valence-electron chi connectivity index (χ3n) is 4.23. The van der Waals surface area contributed by atoms with E-state index in [1.54, 1.807) is 20.8 Å². The summed E-state index contributed by atoms with van der Waals surface area (Å²) >= 11 is 0. The Kier molecular flexibility index (Phi) is 4.12. The van der Waals surface area contributed by atoms with E-state index in [2.05, 4.69) is 0 Å². The lowest BCUT2D eigenvalue weighted by atomic mass is 9.89. The van der Waals surface area contributed by atoms with E-state index in [1.165, 1.54) is 4.90 Å². The van der Waals surface area contributed by atoms with Crippen molar-refractivity contribution >= 4 is 6.09 Å². The first-order valence-electron chi connectivity index (χ1n) is 8.02.